The predicted octanol–water partition coefficient (Wildman–Crippen LogP) is 4.53. The van der Waals surface area contributed by atoms with Crippen molar-refractivity contribution in [1.29, 1.82) is 0 Å². The van der Waals surface area contributed by atoms with Crippen LogP contribution in [0.15, 0.2) is 12.1 Å². The molecule has 8 aliphatic rings. The Morgan fingerprint density at radius 1 is 1.12 bits per heavy atom. The van der Waals surface area contributed by atoms with Gasteiger partial charge in [0.2, 0.25) is 0 Å². The molecule has 3 heterocycles. The van der Waals surface area contributed by atoms with Crippen molar-refractivity contribution in [2.45, 2.75) is 107 Å². The highest BCUT2D eigenvalue weighted by Crippen LogP contribution is 2.78. The van der Waals surface area contributed by atoms with Crippen molar-refractivity contribution in [3.8, 4) is 11.5 Å². The highest BCUT2D eigenvalue weighted by Gasteiger charge is 2.83. The summed E-state index contributed by atoms with van der Waals surface area (Å²) in [7, 11) is 0. The Morgan fingerprint density at radius 2 is 1.97 bits per heavy atom. The lowest BCUT2D eigenvalue weighted by Gasteiger charge is -2.76. The van der Waals surface area contributed by atoms with Crippen LogP contribution >= 0.6 is 0 Å². The first-order valence-electron chi connectivity index (χ1n) is 13.5. The minimum absolute atomic E-state index is 0.0253. The molecule has 0 radical (unpaired) electrons. The van der Waals surface area contributed by atoms with Crippen molar-refractivity contribution in [1.82, 2.24) is 4.90 Å². The van der Waals surface area contributed by atoms with E-state index in [-0.39, 0.29) is 34.4 Å². The van der Waals surface area contributed by atoms with Gasteiger partial charge in [-0.15, -0.1) is 0 Å². The first-order chi connectivity index (χ1) is 15.8. The number of phenols is 1. The minimum atomic E-state index is -0.340. The summed E-state index contributed by atoms with van der Waals surface area (Å²) in [5, 5.41) is 11.0. The molecule has 0 amide bonds. The summed E-state index contributed by atoms with van der Waals surface area (Å²) in [6.07, 6.45) is 9.06. The summed E-state index contributed by atoms with van der Waals surface area (Å²) in [4.78, 5) is 2.87. The van der Waals surface area contributed by atoms with Crippen molar-refractivity contribution in [2.75, 3.05) is 13.1 Å². The standard InChI is InChI=1S/C28H37NO4/c1-4-21-32-25(2,3)19-14-26-9-10-28(19,33-21)24-27(26)11-12-29(15-16-5-6-16)20(26)13-17-7-8-18(30)23(31-24)22(17)27/h7-8,16,19-21,24,30H,4-6,9-15H2,1-3H3. The van der Waals surface area contributed by atoms with Gasteiger partial charge in [0, 0.05) is 34.9 Å². The van der Waals surface area contributed by atoms with Crippen molar-refractivity contribution in [3.63, 3.8) is 0 Å². The Kier molecular flexibility index (Phi) is 3.57. The van der Waals surface area contributed by atoms with Gasteiger partial charge >= 0.3 is 0 Å². The maximum Gasteiger partial charge on any atom is 0.165 e. The van der Waals surface area contributed by atoms with E-state index in [1.54, 1.807) is 0 Å². The van der Waals surface area contributed by atoms with Crippen LogP contribution in [0.3, 0.4) is 0 Å². The maximum absolute atomic E-state index is 11.0. The van der Waals surface area contributed by atoms with Gasteiger partial charge in [-0.2, -0.15) is 0 Å². The highest BCUT2D eigenvalue weighted by molar-refractivity contribution is 5.63. The Bertz CT molecular complexity index is 1050. The lowest BCUT2D eigenvalue weighted by molar-refractivity contribution is -0.402. The zero-order chi connectivity index (χ0) is 22.4. The molecule has 2 saturated heterocycles. The molecule has 4 saturated carbocycles. The number of fused-ring (bicyclic) bond motifs is 1. The fraction of sp³-hybridized carbons (Fsp3) is 0.786. The van der Waals surface area contributed by atoms with Crippen molar-refractivity contribution >= 4 is 0 Å². The molecule has 5 nitrogen and oxygen atoms in total. The number of nitrogens with zero attached hydrogens (tertiary/aromatic N) is 1. The molecule has 178 valence electrons. The number of hydrogen-bond donors (Lipinski definition) is 1. The van der Waals surface area contributed by atoms with E-state index in [9.17, 15) is 5.11 Å². The second-order valence-corrected chi connectivity index (χ2v) is 12.9. The van der Waals surface area contributed by atoms with Gasteiger partial charge in [0.1, 0.15) is 11.7 Å². The summed E-state index contributed by atoms with van der Waals surface area (Å²) >= 11 is 0. The Labute approximate surface area is 196 Å². The van der Waals surface area contributed by atoms with E-state index in [2.05, 4.69) is 31.7 Å². The van der Waals surface area contributed by atoms with E-state index in [0.717, 1.165) is 50.3 Å². The SMILES string of the molecule is CCC1OC(C)(C)C2CC34CCC2(O1)C1Oc2c(O)ccc5c2C13CCN(CC1CC1)C4C5. The number of likely N-dealkylation sites (tertiary alicyclic amines) is 1. The molecule has 4 bridgehead atoms. The third-order valence-corrected chi connectivity index (χ3v) is 11.2. The molecule has 5 aliphatic carbocycles. The van der Waals surface area contributed by atoms with E-state index >= 15 is 0 Å². The van der Waals surface area contributed by atoms with Crippen LogP contribution in [0.2, 0.25) is 0 Å². The van der Waals surface area contributed by atoms with E-state index in [1.807, 2.05) is 6.07 Å². The monoisotopic (exact) mass is 451 g/mol. The van der Waals surface area contributed by atoms with Crippen LogP contribution in [0.1, 0.15) is 76.8 Å². The zero-order valence-corrected chi connectivity index (χ0v) is 20.2. The molecule has 1 aromatic carbocycles. The summed E-state index contributed by atoms with van der Waals surface area (Å²) in [5.74, 6) is 2.30. The van der Waals surface area contributed by atoms with Crippen LogP contribution in [-0.2, 0) is 21.3 Å². The molecule has 1 aromatic rings. The molecule has 3 aliphatic heterocycles. The zero-order valence-electron chi connectivity index (χ0n) is 20.2. The van der Waals surface area contributed by atoms with Gasteiger partial charge in [0.05, 0.1) is 5.60 Å². The predicted molar refractivity (Wildman–Crippen MR) is 123 cm³/mol. The van der Waals surface area contributed by atoms with Gasteiger partial charge < -0.3 is 19.3 Å². The van der Waals surface area contributed by atoms with Crippen LogP contribution in [0.25, 0.3) is 0 Å². The molecule has 5 heteroatoms. The van der Waals surface area contributed by atoms with Crippen LogP contribution in [0, 0.1) is 17.3 Å². The molecule has 7 unspecified atom stereocenters. The van der Waals surface area contributed by atoms with Gasteiger partial charge in [-0.1, -0.05) is 13.0 Å². The Morgan fingerprint density at radius 3 is 2.76 bits per heavy atom. The maximum atomic E-state index is 11.0. The van der Waals surface area contributed by atoms with Crippen LogP contribution in [-0.4, -0.2) is 52.7 Å². The second-order valence-electron chi connectivity index (χ2n) is 12.9. The molecule has 0 aromatic heterocycles. The number of phenolic OH excluding ortho intramolecular Hbond substituents is 1. The lowest BCUT2D eigenvalue weighted by Crippen LogP contribution is -2.84. The van der Waals surface area contributed by atoms with Gasteiger partial charge in [0.25, 0.3) is 0 Å². The molecule has 1 N–H and O–H groups in total. The number of hydrogen-bond acceptors (Lipinski definition) is 5. The number of benzene rings is 1. The van der Waals surface area contributed by atoms with Gasteiger partial charge in [0.15, 0.2) is 17.8 Å². The number of aromatic hydroxyl groups is 1. The average Bonchev–Trinajstić information content (AvgIpc) is 3.53. The molecule has 9 rings (SSSR count). The first-order valence-corrected chi connectivity index (χ1v) is 13.5. The summed E-state index contributed by atoms with van der Waals surface area (Å²) < 4.78 is 20.5. The van der Waals surface area contributed by atoms with Crippen molar-refractivity contribution in [3.05, 3.63) is 23.3 Å². The molecule has 7 atom stereocenters. The summed E-state index contributed by atoms with van der Waals surface area (Å²) in [5.41, 5.74) is 2.32. The molecule has 3 spiro atoms. The second kappa shape index (κ2) is 5.91. The average molecular weight is 452 g/mol. The van der Waals surface area contributed by atoms with Crippen molar-refractivity contribution in [2.24, 2.45) is 17.3 Å². The third kappa shape index (κ3) is 2.10. The van der Waals surface area contributed by atoms with E-state index < -0.39 is 0 Å². The first kappa shape index (κ1) is 19.9. The summed E-state index contributed by atoms with van der Waals surface area (Å²) in [6, 6.07) is 4.63. The van der Waals surface area contributed by atoms with E-state index in [0.29, 0.717) is 17.7 Å². The van der Waals surface area contributed by atoms with Crippen LogP contribution in [0.5, 0.6) is 11.5 Å². The van der Waals surface area contributed by atoms with E-state index in [4.69, 9.17) is 14.2 Å². The lowest BCUT2D eigenvalue weighted by atomic mass is 9.33. The van der Waals surface area contributed by atoms with Gasteiger partial charge in [-0.05, 0) is 89.3 Å². The Hall–Kier alpha value is -1.30. The minimum Gasteiger partial charge on any atom is -0.504 e. The van der Waals surface area contributed by atoms with Gasteiger partial charge in [-0.25, -0.2) is 0 Å². The van der Waals surface area contributed by atoms with Gasteiger partial charge in [-0.3, -0.25) is 4.90 Å². The quantitative estimate of drug-likeness (QED) is 0.732. The Balaban J connectivity index is 1.37. The molecular formula is C28H37NO4. The van der Waals surface area contributed by atoms with Crippen molar-refractivity contribution < 1.29 is 19.3 Å². The van der Waals surface area contributed by atoms with Crippen LogP contribution in [0.4, 0.5) is 0 Å². The third-order valence-electron chi connectivity index (χ3n) is 11.2. The molecule has 6 fully saturated rings. The molecular weight excluding hydrogens is 414 g/mol. The van der Waals surface area contributed by atoms with Crippen LogP contribution < -0.4 is 4.74 Å². The topological polar surface area (TPSA) is 51.2 Å². The largest absolute Gasteiger partial charge is 0.504 e. The smallest absolute Gasteiger partial charge is 0.165 e. The number of rotatable bonds is 3. The molecule has 33 heavy (non-hydrogen) atoms. The number of piperidine rings is 1. The number of ether oxygens (including phenoxy) is 3. The highest BCUT2D eigenvalue weighted by atomic mass is 16.7. The van der Waals surface area contributed by atoms with E-state index in [1.165, 1.54) is 36.9 Å². The fourth-order valence-electron chi connectivity index (χ4n) is 9.93. The fourth-order valence-corrected chi connectivity index (χ4v) is 9.93. The normalized spacial score (nSPS) is 48.2. The summed E-state index contributed by atoms with van der Waals surface area (Å²) in [6.45, 7) is 9.15.